The van der Waals surface area contributed by atoms with Crippen LogP contribution in [0.15, 0.2) is 6.20 Å². The topological polar surface area (TPSA) is 96.3 Å². The number of carbonyl (C=O) groups is 2. The lowest BCUT2D eigenvalue weighted by atomic mass is 9.97. The van der Waals surface area contributed by atoms with Crippen molar-refractivity contribution in [3.63, 3.8) is 0 Å². The fourth-order valence-electron chi connectivity index (χ4n) is 2.12. The number of anilines is 1. The molecule has 1 heterocycles. The summed E-state index contributed by atoms with van der Waals surface area (Å²) >= 11 is 0. The van der Waals surface area contributed by atoms with Crippen molar-refractivity contribution in [1.82, 2.24) is 15.1 Å². The number of carboxylic acid groups (broad SMARTS) is 1. The number of hydrogen-bond donors (Lipinski definition) is 3. The van der Waals surface area contributed by atoms with Gasteiger partial charge in [0.05, 0.1) is 17.3 Å². The molecule has 1 aromatic rings. The molecule has 1 aromatic heterocycles. The summed E-state index contributed by atoms with van der Waals surface area (Å²) in [6, 6.07) is -0.410. The van der Waals surface area contributed by atoms with Crippen molar-refractivity contribution in [1.29, 1.82) is 0 Å². The molecule has 0 spiro atoms. The van der Waals surface area contributed by atoms with E-state index in [0.717, 1.165) is 5.69 Å². The molecule has 0 bridgehead atoms. The molecule has 1 atom stereocenters. The SMILES string of the molecule is CCc1nn(C)cc1NC(=O)NCC(CC(C)C)C(=O)O. The van der Waals surface area contributed by atoms with Crippen molar-refractivity contribution >= 4 is 17.7 Å². The minimum atomic E-state index is -0.889. The first-order valence-electron chi connectivity index (χ1n) is 7.13. The third-order valence-electron chi connectivity index (χ3n) is 3.10. The van der Waals surface area contributed by atoms with E-state index in [1.807, 2.05) is 20.8 Å². The highest BCUT2D eigenvalue weighted by Gasteiger charge is 2.20. The second-order valence-electron chi connectivity index (χ2n) is 5.52. The maximum absolute atomic E-state index is 11.9. The van der Waals surface area contributed by atoms with Crippen LogP contribution in [0.25, 0.3) is 0 Å². The number of nitrogens with zero attached hydrogens (tertiary/aromatic N) is 2. The number of urea groups is 1. The van der Waals surface area contributed by atoms with Gasteiger partial charge in [-0.1, -0.05) is 20.8 Å². The van der Waals surface area contributed by atoms with Gasteiger partial charge >= 0.3 is 12.0 Å². The fourth-order valence-corrected chi connectivity index (χ4v) is 2.12. The molecular weight excluding hydrogens is 272 g/mol. The van der Waals surface area contributed by atoms with Crippen LogP contribution in [-0.2, 0) is 18.3 Å². The lowest BCUT2D eigenvalue weighted by Crippen LogP contribution is -2.36. The Bertz CT molecular complexity index is 496. The van der Waals surface area contributed by atoms with Gasteiger partial charge in [0.2, 0.25) is 0 Å². The standard InChI is InChI=1S/C14H24N4O3/c1-5-11-12(8-18(4)17-11)16-14(21)15-7-10(13(19)20)6-9(2)3/h8-10H,5-7H2,1-4H3,(H,19,20)(H2,15,16,21). The molecule has 0 fully saturated rings. The predicted octanol–water partition coefficient (Wildman–Crippen LogP) is 1.85. The zero-order valence-electron chi connectivity index (χ0n) is 13.0. The van der Waals surface area contributed by atoms with Crippen LogP contribution in [0.1, 0.15) is 32.9 Å². The van der Waals surface area contributed by atoms with Gasteiger partial charge in [-0.05, 0) is 18.8 Å². The minimum Gasteiger partial charge on any atom is -0.481 e. The minimum absolute atomic E-state index is 0.112. The quantitative estimate of drug-likeness (QED) is 0.715. The molecule has 1 unspecified atom stereocenters. The van der Waals surface area contributed by atoms with Crippen molar-refractivity contribution in [3.8, 4) is 0 Å². The number of rotatable bonds is 7. The Morgan fingerprint density at radius 2 is 2.10 bits per heavy atom. The highest BCUT2D eigenvalue weighted by Crippen LogP contribution is 2.14. The van der Waals surface area contributed by atoms with Crippen LogP contribution in [0.2, 0.25) is 0 Å². The summed E-state index contributed by atoms with van der Waals surface area (Å²) in [6.45, 7) is 5.98. The second-order valence-corrected chi connectivity index (χ2v) is 5.52. The Morgan fingerprint density at radius 3 is 2.62 bits per heavy atom. The van der Waals surface area contributed by atoms with E-state index in [-0.39, 0.29) is 12.5 Å². The number of nitrogens with one attached hydrogen (secondary N) is 2. The summed E-state index contributed by atoms with van der Waals surface area (Å²) < 4.78 is 1.63. The normalized spacial score (nSPS) is 12.2. The van der Waals surface area contributed by atoms with Crippen LogP contribution in [0.3, 0.4) is 0 Å². The monoisotopic (exact) mass is 296 g/mol. The van der Waals surface area contributed by atoms with Gasteiger partial charge in [-0.2, -0.15) is 5.10 Å². The maximum Gasteiger partial charge on any atom is 0.319 e. The Kier molecular flexibility index (Phi) is 6.20. The number of amides is 2. The molecule has 0 radical (unpaired) electrons. The molecule has 3 N–H and O–H groups in total. The average Bonchev–Trinajstić information content (AvgIpc) is 2.73. The number of aromatic nitrogens is 2. The maximum atomic E-state index is 11.9. The van der Waals surface area contributed by atoms with Gasteiger partial charge in [0.1, 0.15) is 0 Å². The highest BCUT2D eigenvalue weighted by molar-refractivity contribution is 5.90. The van der Waals surface area contributed by atoms with Crippen molar-refractivity contribution in [2.45, 2.75) is 33.6 Å². The predicted molar refractivity (Wildman–Crippen MR) is 80.2 cm³/mol. The van der Waals surface area contributed by atoms with Gasteiger partial charge in [-0.25, -0.2) is 4.79 Å². The van der Waals surface area contributed by atoms with Gasteiger partial charge in [0.15, 0.2) is 0 Å². The Labute approximate surface area is 124 Å². The lowest BCUT2D eigenvalue weighted by Gasteiger charge is -2.15. The summed E-state index contributed by atoms with van der Waals surface area (Å²) in [6.07, 6.45) is 2.96. The highest BCUT2D eigenvalue weighted by atomic mass is 16.4. The third kappa shape index (κ3) is 5.45. The van der Waals surface area contributed by atoms with Crippen LogP contribution >= 0.6 is 0 Å². The molecule has 0 aliphatic carbocycles. The van der Waals surface area contributed by atoms with Crippen LogP contribution < -0.4 is 10.6 Å². The van der Waals surface area contributed by atoms with Crippen molar-refractivity contribution in [2.24, 2.45) is 18.9 Å². The molecule has 0 aromatic carbocycles. The molecule has 0 saturated heterocycles. The van der Waals surface area contributed by atoms with E-state index >= 15 is 0 Å². The van der Waals surface area contributed by atoms with Gasteiger partial charge in [0, 0.05) is 19.8 Å². The lowest BCUT2D eigenvalue weighted by molar-refractivity contribution is -0.142. The van der Waals surface area contributed by atoms with E-state index in [1.165, 1.54) is 0 Å². The molecule has 0 saturated carbocycles. The van der Waals surface area contributed by atoms with E-state index in [1.54, 1.807) is 17.9 Å². The van der Waals surface area contributed by atoms with Crippen molar-refractivity contribution < 1.29 is 14.7 Å². The van der Waals surface area contributed by atoms with Crippen molar-refractivity contribution in [3.05, 3.63) is 11.9 Å². The summed E-state index contributed by atoms with van der Waals surface area (Å²) in [7, 11) is 1.78. The smallest absolute Gasteiger partial charge is 0.319 e. The van der Waals surface area contributed by atoms with Crippen LogP contribution in [0.5, 0.6) is 0 Å². The molecular formula is C14H24N4O3. The number of carboxylic acids is 1. The Morgan fingerprint density at radius 1 is 1.43 bits per heavy atom. The van der Waals surface area contributed by atoms with E-state index in [0.29, 0.717) is 18.5 Å². The largest absolute Gasteiger partial charge is 0.481 e. The number of aliphatic carboxylic acids is 1. The molecule has 7 nitrogen and oxygen atoms in total. The van der Waals surface area contributed by atoms with Gasteiger partial charge in [-0.15, -0.1) is 0 Å². The van der Waals surface area contributed by atoms with Crippen molar-refractivity contribution in [2.75, 3.05) is 11.9 Å². The molecule has 0 aliphatic heterocycles. The summed E-state index contributed by atoms with van der Waals surface area (Å²) in [5.41, 5.74) is 1.44. The number of aryl methyl sites for hydroxylation is 2. The van der Waals surface area contributed by atoms with Crippen LogP contribution in [-0.4, -0.2) is 33.4 Å². The third-order valence-corrected chi connectivity index (χ3v) is 3.10. The first kappa shape index (κ1) is 17.0. The van der Waals surface area contributed by atoms with E-state index < -0.39 is 17.9 Å². The molecule has 118 valence electrons. The van der Waals surface area contributed by atoms with Crippen LogP contribution in [0.4, 0.5) is 10.5 Å². The zero-order chi connectivity index (χ0) is 16.0. The zero-order valence-corrected chi connectivity index (χ0v) is 13.0. The summed E-state index contributed by atoms with van der Waals surface area (Å²) in [5, 5.41) is 18.7. The molecule has 7 heteroatoms. The molecule has 21 heavy (non-hydrogen) atoms. The second kappa shape index (κ2) is 7.66. The number of hydrogen-bond acceptors (Lipinski definition) is 3. The summed E-state index contributed by atoms with van der Waals surface area (Å²) in [4.78, 5) is 23.0. The van der Waals surface area contributed by atoms with E-state index in [2.05, 4.69) is 15.7 Å². The van der Waals surface area contributed by atoms with E-state index in [4.69, 9.17) is 5.11 Å². The van der Waals surface area contributed by atoms with Gasteiger partial charge in [-0.3, -0.25) is 9.48 Å². The molecule has 1 rings (SSSR count). The van der Waals surface area contributed by atoms with Crippen LogP contribution in [0, 0.1) is 11.8 Å². The average molecular weight is 296 g/mol. The Hall–Kier alpha value is -2.05. The first-order chi connectivity index (χ1) is 9.83. The molecule has 0 aliphatic rings. The van der Waals surface area contributed by atoms with Gasteiger partial charge < -0.3 is 15.7 Å². The first-order valence-corrected chi connectivity index (χ1v) is 7.13. The van der Waals surface area contributed by atoms with Gasteiger partial charge in [0.25, 0.3) is 0 Å². The molecule has 2 amide bonds. The Balaban J connectivity index is 2.54. The van der Waals surface area contributed by atoms with E-state index in [9.17, 15) is 9.59 Å². The fraction of sp³-hybridized carbons (Fsp3) is 0.643. The summed E-state index contributed by atoms with van der Waals surface area (Å²) in [5.74, 6) is -1.20. The number of carbonyl (C=O) groups excluding carboxylic acids is 1.